The largest absolute Gasteiger partial charge is 0.494 e. The molecule has 146 valence electrons. The van der Waals surface area contributed by atoms with Gasteiger partial charge in [-0.25, -0.2) is 4.79 Å². The van der Waals surface area contributed by atoms with E-state index < -0.39 is 0 Å². The number of hydrogen-bond acceptors (Lipinski definition) is 6. The summed E-state index contributed by atoms with van der Waals surface area (Å²) in [4.78, 5) is 22.8. The number of amides is 2. The van der Waals surface area contributed by atoms with Gasteiger partial charge >= 0.3 is 6.03 Å². The molecule has 0 saturated heterocycles. The van der Waals surface area contributed by atoms with Crippen LogP contribution in [0.5, 0.6) is 5.75 Å². The first-order valence-corrected chi connectivity index (χ1v) is 9.37. The van der Waals surface area contributed by atoms with Gasteiger partial charge in [0.25, 0.3) is 0 Å². The third-order valence-electron chi connectivity index (χ3n) is 4.83. The number of nitrogens with one attached hydrogen (secondary N) is 1. The van der Waals surface area contributed by atoms with Crippen molar-refractivity contribution in [2.45, 2.75) is 31.7 Å². The lowest BCUT2D eigenvalue weighted by molar-refractivity contribution is 0.207. The van der Waals surface area contributed by atoms with Crippen LogP contribution in [0.15, 0.2) is 35.0 Å². The van der Waals surface area contributed by atoms with Gasteiger partial charge in [-0.05, 0) is 30.5 Å². The molecule has 1 aliphatic rings. The number of pyridine rings is 1. The highest BCUT2D eigenvalue weighted by atomic mass is 16.5. The minimum atomic E-state index is -0.154. The van der Waals surface area contributed by atoms with Crippen molar-refractivity contribution in [3.8, 4) is 5.75 Å². The zero-order valence-electron chi connectivity index (χ0n) is 16.0. The van der Waals surface area contributed by atoms with E-state index in [1.165, 1.54) is 0 Å². The Morgan fingerprint density at radius 2 is 2.21 bits per heavy atom. The van der Waals surface area contributed by atoms with Gasteiger partial charge in [0, 0.05) is 44.1 Å². The Bertz CT molecular complexity index is 983. The van der Waals surface area contributed by atoms with Crippen LogP contribution in [0.4, 0.5) is 4.79 Å². The number of carbonyl (C=O) groups is 1. The van der Waals surface area contributed by atoms with Gasteiger partial charge in [0.1, 0.15) is 11.3 Å². The molecule has 1 fully saturated rings. The molecule has 0 atom stereocenters. The number of methoxy groups -OCH3 is 1. The molecule has 1 N–H and O–H groups in total. The third-order valence-corrected chi connectivity index (χ3v) is 4.83. The normalized spacial score (nSPS) is 13.5. The molecule has 2 aromatic heterocycles. The van der Waals surface area contributed by atoms with E-state index in [-0.39, 0.29) is 6.03 Å². The monoisotopic (exact) mass is 381 g/mol. The fourth-order valence-electron chi connectivity index (χ4n) is 3.12. The molecular weight excluding hydrogens is 358 g/mol. The summed E-state index contributed by atoms with van der Waals surface area (Å²) in [6.45, 7) is 0.920. The summed E-state index contributed by atoms with van der Waals surface area (Å²) in [6, 6.07) is 7.56. The Hall–Kier alpha value is -3.16. The van der Waals surface area contributed by atoms with Gasteiger partial charge in [0.05, 0.1) is 7.11 Å². The van der Waals surface area contributed by atoms with Crippen molar-refractivity contribution < 1.29 is 14.1 Å². The number of urea groups is 1. The van der Waals surface area contributed by atoms with Crippen molar-refractivity contribution in [1.29, 1.82) is 0 Å². The first-order chi connectivity index (χ1) is 13.7. The second-order valence-corrected chi connectivity index (χ2v) is 6.99. The Kier molecular flexibility index (Phi) is 5.10. The molecule has 1 aromatic carbocycles. The van der Waals surface area contributed by atoms with Gasteiger partial charge in [-0.3, -0.25) is 4.98 Å². The van der Waals surface area contributed by atoms with E-state index in [0.717, 1.165) is 40.9 Å². The van der Waals surface area contributed by atoms with Crippen molar-refractivity contribution in [3.63, 3.8) is 0 Å². The molecule has 8 nitrogen and oxygen atoms in total. The number of hydrogen-bond donors (Lipinski definition) is 1. The zero-order chi connectivity index (χ0) is 19.5. The molecule has 0 radical (unpaired) electrons. The fourth-order valence-corrected chi connectivity index (χ4v) is 3.12. The minimum Gasteiger partial charge on any atom is -0.494 e. The highest BCUT2D eigenvalue weighted by Crippen LogP contribution is 2.38. The molecule has 28 heavy (non-hydrogen) atoms. The lowest BCUT2D eigenvalue weighted by Gasteiger charge is -2.19. The fraction of sp³-hybridized carbons (Fsp3) is 0.400. The van der Waals surface area contributed by atoms with E-state index in [0.29, 0.717) is 31.3 Å². The lowest BCUT2D eigenvalue weighted by atomic mass is 10.1. The Morgan fingerprint density at radius 1 is 1.36 bits per heavy atom. The predicted molar refractivity (Wildman–Crippen MR) is 103 cm³/mol. The van der Waals surface area contributed by atoms with Gasteiger partial charge < -0.3 is 19.5 Å². The maximum atomic E-state index is 12.4. The van der Waals surface area contributed by atoms with Crippen molar-refractivity contribution >= 4 is 16.9 Å². The number of ether oxygens (including phenoxy) is 1. The third kappa shape index (κ3) is 3.90. The van der Waals surface area contributed by atoms with E-state index in [1.807, 2.05) is 24.3 Å². The molecule has 1 saturated carbocycles. The molecule has 1 aliphatic carbocycles. The van der Waals surface area contributed by atoms with Crippen LogP contribution in [-0.2, 0) is 13.0 Å². The van der Waals surface area contributed by atoms with E-state index in [4.69, 9.17) is 9.26 Å². The van der Waals surface area contributed by atoms with Crippen molar-refractivity contribution in [2.24, 2.45) is 0 Å². The van der Waals surface area contributed by atoms with Crippen LogP contribution in [0.2, 0.25) is 0 Å². The highest BCUT2D eigenvalue weighted by Gasteiger charge is 2.29. The summed E-state index contributed by atoms with van der Waals surface area (Å²) < 4.78 is 10.6. The maximum Gasteiger partial charge on any atom is 0.317 e. The lowest BCUT2D eigenvalue weighted by Crippen LogP contribution is -2.37. The quantitative estimate of drug-likeness (QED) is 0.676. The van der Waals surface area contributed by atoms with Crippen LogP contribution < -0.4 is 10.1 Å². The van der Waals surface area contributed by atoms with Crippen LogP contribution in [0.3, 0.4) is 0 Å². The molecule has 0 aliphatic heterocycles. The maximum absolute atomic E-state index is 12.4. The summed E-state index contributed by atoms with van der Waals surface area (Å²) in [5.74, 6) is 2.52. The van der Waals surface area contributed by atoms with Gasteiger partial charge in [-0.1, -0.05) is 17.3 Å². The molecule has 3 aromatic rings. The van der Waals surface area contributed by atoms with E-state index in [9.17, 15) is 4.79 Å². The molecule has 4 rings (SSSR count). The SMILES string of the molecule is COc1ccc(CN(C)C(=O)NCCc2noc(C3CC3)n2)c2cccnc12. The molecule has 0 spiro atoms. The summed E-state index contributed by atoms with van der Waals surface area (Å²) in [7, 11) is 3.39. The molecule has 0 bridgehead atoms. The van der Waals surface area contributed by atoms with E-state index in [2.05, 4.69) is 20.4 Å². The molecule has 2 amide bonds. The topological polar surface area (TPSA) is 93.4 Å². The number of rotatable bonds is 7. The summed E-state index contributed by atoms with van der Waals surface area (Å²) in [5.41, 5.74) is 1.80. The van der Waals surface area contributed by atoms with Crippen LogP contribution in [-0.4, -0.2) is 46.8 Å². The zero-order valence-corrected chi connectivity index (χ0v) is 16.0. The molecule has 2 heterocycles. The number of fused-ring (bicyclic) bond motifs is 1. The Morgan fingerprint density at radius 3 is 3.00 bits per heavy atom. The highest BCUT2D eigenvalue weighted by molar-refractivity contribution is 5.87. The van der Waals surface area contributed by atoms with Gasteiger partial charge in [0.2, 0.25) is 5.89 Å². The number of aromatic nitrogens is 3. The van der Waals surface area contributed by atoms with Crippen molar-refractivity contribution in [2.75, 3.05) is 20.7 Å². The number of nitrogens with zero attached hydrogens (tertiary/aromatic N) is 4. The van der Waals surface area contributed by atoms with Crippen LogP contribution in [0.25, 0.3) is 10.9 Å². The average molecular weight is 381 g/mol. The Labute approximate surface area is 162 Å². The summed E-state index contributed by atoms with van der Waals surface area (Å²) in [6.07, 6.45) is 4.53. The second kappa shape index (κ2) is 7.84. The smallest absolute Gasteiger partial charge is 0.317 e. The standard InChI is InChI=1S/C20H23N5O3/c1-25(12-14-7-8-16(27-2)18-15(14)4-3-10-21-18)20(26)22-11-9-17-23-19(28-24-17)13-5-6-13/h3-4,7-8,10,13H,5-6,9,11-12H2,1-2H3,(H,22,26). The van der Waals surface area contributed by atoms with Crippen LogP contribution >= 0.6 is 0 Å². The number of benzene rings is 1. The van der Waals surface area contributed by atoms with Crippen molar-refractivity contribution in [1.82, 2.24) is 25.3 Å². The minimum absolute atomic E-state index is 0.154. The summed E-state index contributed by atoms with van der Waals surface area (Å²) >= 11 is 0. The van der Waals surface area contributed by atoms with Gasteiger partial charge in [-0.15, -0.1) is 0 Å². The van der Waals surface area contributed by atoms with Crippen LogP contribution in [0, 0.1) is 0 Å². The van der Waals surface area contributed by atoms with E-state index in [1.54, 1.807) is 25.3 Å². The predicted octanol–water partition coefficient (Wildman–Crippen LogP) is 2.89. The second-order valence-electron chi connectivity index (χ2n) is 6.99. The first-order valence-electron chi connectivity index (χ1n) is 9.37. The van der Waals surface area contributed by atoms with Crippen LogP contribution in [0.1, 0.15) is 36.0 Å². The summed E-state index contributed by atoms with van der Waals surface area (Å²) in [5, 5.41) is 7.84. The average Bonchev–Trinajstić information content (AvgIpc) is 3.47. The molecule has 8 heteroatoms. The first kappa shape index (κ1) is 18.2. The van der Waals surface area contributed by atoms with Gasteiger partial charge in [0.15, 0.2) is 5.82 Å². The van der Waals surface area contributed by atoms with E-state index >= 15 is 0 Å². The molecular formula is C20H23N5O3. The van der Waals surface area contributed by atoms with Gasteiger partial charge in [-0.2, -0.15) is 4.98 Å². The number of carbonyl (C=O) groups excluding carboxylic acids is 1. The molecule has 0 unspecified atom stereocenters. The Balaban J connectivity index is 1.34. The van der Waals surface area contributed by atoms with Crippen molar-refractivity contribution in [3.05, 3.63) is 47.7 Å².